The van der Waals surface area contributed by atoms with Crippen LogP contribution in [0.3, 0.4) is 0 Å². The third-order valence-corrected chi connectivity index (χ3v) is 3.66. The molecular weight excluding hydrogens is 268 g/mol. The lowest BCUT2D eigenvalue weighted by molar-refractivity contribution is 0.270. The van der Waals surface area contributed by atoms with Crippen molar-refractivity contribution in [2.75, 3.05) is 31.1 Å². The van der Waals surface area contributed by atoms with Gasteiger partial charge in [0.05, 0.1) is 0 Å². The maximum Gasteiger partial charge on any atom is 0.145 e. The zero-order valence-electron chi connectivity index (χ0n) is 12.2. The molecule has 0 spiro atoms. The molecule has 0 atom stereocenters. The van der Waals surface area contributed by atoms with Crippen LogP contribution in [0.15, 0.2) is 28.9 Å². The van der Waals surface area contributed by atoms with E-state index < -0.39 is 0 Å². The number of hydrogen-bond donors (Lipinski definition) is 1. The molecule has 1 fully saturated rings. The second-order valence-corrected chi connectivity index (χ2v) is 5.17. The summed E-state index contributed by atoms with van der Waals surface area (Å²) in [5.41, 5.74) is 2.74. The Balaban J connectivity index is 1.59. The number of nitrogens with zero attached hydrogens (tertiary/aromatic N) is 3. The van der Waals surface area contributed by atoms with Gasteiger partial charge in [0.1, 0.15) is 23.7 Å². The minimum Gasteiger partial charge on any atom is -0.487 e. The zero-order chi connectivity index (χ0) is 14.5. The number of ether oxygens (including phenoxy) is 1. The minimum absolute atomic E-state index is 0.377. The maximum atomic E-state index is 5.70. The van der Waals surface area contributed by atoms with Crippen LogP contribution in [-0.4, -0.2) is 36.5 Å². The third-order valence-electron chi connectivity index (χ3n) is 3.66. The lowest BCUT2D eigenvalue weighted by Gasteiger charge is -2.22. The normalized spacial score (nSPS) is 15.8. The van der Waals surface area contributed by atoms with Crippen molar-refractivity contribution < 1.29 is 9.37 Å². The fraction of sp³-hybridized carbons (Fsp3) is 0.467. The molecular formula is C15H20N4O2. The van der Waals surface area contributed by atoms with E-state index in [4.69, 9.17) is 4.74 Å². The van der Waals surface area contributed by atoms with Crippen molar-refractivity contribution in [2.45, 2.75) is 20.0 Å². The fourth-order valence-electron chi connectivity index (χ4n) is 2.39. The molecule has 6 heteroatoms. The summed E-state index contributed by atoms with van der Waals surface area (Å²) in [4.78, 5) is 2.40. The molecule has 21 heavy (non-hydrogen) atoms. The Bertz CT molecular complexity index is 559. The molecule has 0 unspecified atom stereocenters. The molecule has 1 aromatic carbocycles. The van der Waals surface area contributed by atoms with Gasteiger partial charge in [0.25, 0.3) is 0 Å². The fourth-order valence-corrected chi connectivity index (χ4v) is 2.39. The highest BCUT2D eigenvalue weighted by molar-refractivity contribution is 5.49. The van der Waals surface area contributed by atoms with Gasteiger partial charge in [0.15, 0.2) is 0 Å². The van der Waals surface area contributed by atoms with Crippen LogP contribution in [0.4, 0.5) is 5.69 Å². The topological polar surface area (TPSA) is 63.4 Å². The molecule has 0 saturated carbocycles. The molecule has 1 aliphatic rings. The molecule has 1 aliphatic heterocycles. The van der Waals surface area contributed by atoms with Gasteiger partial charge in [0.2, 0.25) is 0 Å². The van der Waals surface area contributed by atoms with Crippen LogP contribution in [0, 0.1) is 6.92 Å². The predicted octanol–water partition coefficient (Wildman–Crippen LogP) is 1.76. The van der Waals surface area contributed by atoms with Crippen LogP contribution < -0.4 is 15.0 Å². The first-order valence-electron chi connectivity index (χ1n) is 7.29. The SMILES string of the molecule is Cc1nonc1COc1ccc(N2CCCNCC2)cc1. The van der Waals surface area contributed by atoms with E-state index in [2.05, 4.69) is 37.3 Å². The molecule has 6 nitrogen and oxygen atoms in total. The van der Waals surface area contributed by atoms with Crippen molar-refractivity contribution in [3.05, 3.63) is 35.7 Å². The van der Waals surface area contributed by atoms with Crippen LogP contribution in [-0.2, 0) is 6.61 Å². The molecule has 0 bridgehead atoms. The standard InChI is InChI=1S/C15H20N4O2/c1-12-15(18-21-17-12)11-20-14-5-3-13(4-6-14)19-9-2-7-16-8-10-19/h3-6,16H,2,7-11H2,1H3. The van der Waals surface area contributed by atoms with E-state index in [-0.39, 0.29) is 0 Å². The highest BCUT2D eigenvalue weighted by atomic mass is 16.6. The van der Waals surface area contributed by atoms with Crippen molar-refractivity contribution in [1.82, 2.24) is 15.6 Å². The Morgan fingerprint density at radius 3 is 2.81 bits per heavy atom. The maximum absolute atomic E-state index is 5.70. The summed E-state index contributed by atoms with van der Waals surface area (Å²) in [6.07, 6.45) is 1.18. The van der Waals surface area contributed by atoms with E-state index in [1.165, 1.54) is 12.1 Å². The molecule has 0 aliphatic carbocycles. The summed E-state index contributed by atoms with van der Waals surface area (Å²) in [5, 5.41) is 11.0. The summed E-state index contributed by atoms with van der Waals surface area (Å²) < 4.78 is 10.4. The number of rotatable bonds is 4. The van der Waals surface area contributed by atoms with E-state index in [0.29, 0.717) is 6.61 Å². The highest BCUT2D eigenvalue weighted by Gasteiger charge is 2.10. The Kier molecular flexibility index (Phi) is 4.35. The van der Waals surface area contributed by atoms with Gasteiger partial charge in [-0.2, -0.15) is 0 Å². The molecule has 1 aromatic heterocycles. The van der Waals surface area contributed by atoms with Crippen LogP contribution >= 0.6 is 0 Å². The lowest BCUT2D eigenvalue weighted by Crippen LogP contribution is -2.27. The van der Waals surface area contributed by atoms with Crippen molar-refractivity contribution in [3.8, 4) is 5.75 Å². The average molecular weight is 288 g/mol. The van der Waals surface area contributed by atoms with Crippen molar-refractivity contribution >= 4 is 5.69 Å². The quantitative estimate of drug-likeness (QED) is 0.925. The van der Waals surface area contributed by atoms with Gasteiger partial charge in [-0.1, -0.05) is 10.3 Å². The van der Waals surface area contributed by atoms with Gasteiger partial charge in [0, 0.05) is 25.3 Å². The molecule has 112 valence electrons. The number of anilines is 1. The first kappa shape index (κ1) is 13.9. The number of aromatic nitrogens is 2. The molecule has 2 aromatic rings. The first-order valence-corrected chi connectivity index (χ1v) is 7.29. The van der Waals surface area contributed by atoms with Gasteiger partial charge >= 0.3 is 0 Å². The van der Waals surface area contributed by atoms with Crippen molar-refractivity contribution in [3.63, 3.8) is 0 Å². The lowest BCUT2D eigenvalue weighted by atomic mass is 10.2. The smallest absolute Gasteiger partial charge is 0.145 e. The molecule has 1 N–H and O–H groups in total. The monoisotopic (exact) mass is 288 g/mol. The van der Waals surface area contributed by atoms with E-state index in [0.717, 1.165) is 43.3 Å². The number of benzene rings is 1. The third kappa shape index (κ3) is 3.52. The second-order valence-electron chi connectivity index (χ2n) is 5.17. The number of aryl methyl sites for hydroxylation is 1. The molecule has 3 rings (SSSR count). The summed E-state index contributed by atoms with van der Waals surface area (Å²) in [7, 11) is 0. The van der Waals surface area contributed by atoms with E-state index in [1.54, 1.807) is 0 Å². The predicted molar refractivity (Wildman–Crippen MR) is 79.5 cm³/mol. The summed E-state index contributed by atoms with van der Waals surface area (Å²) in [5.74, 6) is 0.828. The Labute approximate surface area is 124 Å². The zero-order valence-corrected chi connectivity index (χ0v) is 12.2. The summed E-state index contributed by atoms with van der Waals surface area (Å²) in [6.45, 7) is 6.51. The van der Waals surface area contributed by atoms with Crippen LogP contribution in [0.1, 0.15) is 17.8 Å². The summed E-state index contributed by atoms with van der Waals surface area (Å²) >= 11 is 0. The second kappa shape index (κ2) is 6.58. The van der Waals surface area contributed by atoms with E-state index >= 15 is 0 Å². The minimum atomic E-state index is 0.377. The van der Waals surface area contributed by atoms with E-state index in [9.17, 15) is 0 Å². The number of nitrogens with one attached hydrogen (secondary N) is 1. The Morgan fingerprint density at radius 1 is 1.19 bits per heavy atom. The molecule has 1 saturated heterocycles. The van der Waals surface area contributed by atoms with Crippen molar-refractivity contribution in [2.24, 2.45) is 0 Å². The van der Waals surface area contributed by atoms with Gasteiger partial charge in [-0.25, -0.2) is 4.63 Å². The molecule has 0 amide bonds. The van der Waals surface area contributed by atoms with Crippen molar-refractivity contribution in [1.29, 1.82) is 0 Å². The van der Waals surface area contributed by atoms with Crippen LogP contribution in [0.2, 0.25) is 0 Å². The molecule has 0 radical (unpaired) electrons. The van der Waals surface area contributed by atoms with Crippen LogP contribution in [0.5, 0.6) is 5.75 Å². The largest absolute Gasteiger partial charge is 0.487 e. The van der Waals surface area contributed by atoms with Gasteiger partial charge in [-0.3, -0.25) is 0 Å². The van der Waals surface area contributed by atoms with Gasteiger partial charge < -0.3 is 15.0 Å². The van der Waals surface area contributed by atoms with Crippen LogP contribution in [0.25, 0.3) is 0 Å². The number of hydrogen-bond acceptors (Lipinski definition) is 6. The molecule has 2 heterocycles. The van der Waals surface area contributed by atoms with E-state index in [1.807, 2.05) is 19.1 Å². The highest BCUT2D eigenvalue weighted by Crippen LogP contribution is 2.21. The Morgan fingerprint density at radius 2 is 2.05 bits per heavy atom. The Hall–Kier alpha value is -2.08. The summed E-state index contributed by atoms with van der Waals surface area (Å²) in [6, 6.07) is 8.20. The van der Waals surface area contributed by atoms with Gasteiger partial charge in [-0.15, -0.1) is 0 Å². The van der Waals surface area contributed by atoms with Gasteiger partial charge in [-0.05, 0) is 44.2 Å². The average Bonchev–Trinajstić information content (AvgIpc) is 2.77. The first-order chi connectivity index (χ1) is 10.3.